The fourth-order valence-corrected chi connectivity index (χ4v) is 1.93. The Bertz CT molecular complexity index is 372. The molecule has 14 heavy (non-hydrogen) atoms. The molecule has 1 aliphatic rings. The molecule has 3 heteroatoms. The quantitative estimate of drug-likeness (QED) is 0.563. The first kappa shape index (κ1) is 9.71. The van der Waals surface area contributed by atoms with Gasteiger partial charge in [-0.05, 0) is 31.2 Å². The Kier molecular flexibility index (Phi) is 2.59. The zero-order valence-electron chi connectivity index (χ0n) is 7.92. The molecule has 0 atom stereocenters. The van der Waals surface area contributed by atoms with Crippen molar-refractivity contribution in [2.45, 2.75) is 17.7 Å². The first-order valence-corrected chi connectivity index (χ1v) is 5.83. The molecule has 1 aliphatic carbocycles. The van der Waals surface area contributed by atoms with Crippen molar-refractivity contribution in [2.24, 2.45) is 5.92 Å². The highest BCUT2D eigenvalue weighted by Crippen LogP contribution is 2.34. The Labute approximate surface area is 86.7 Å². The lowest BCUT2D eigenvalue weighted by Gasteiger charge is -2.04. The average molecular weight is 210 g/mol. The summed E-state index contributed by atoms with van der Waals surface area (Å²) in [6, 6.07) is 5.02. The summed E-state index contributed by atoms with van der Waals surface area (Å²) in [4.78, 5) is 12.2. The summed E-state index contributed by atoms with van der Waals surface area (Å²) in [6.07, 6.45) is 3.65. The van der Waals surface area contributed by atoms with E-state index in [1.165, 1.54) is 11.8 Å². The van der Waals surface area contributed by atoms with Gasteiger partial charge in [-0.25, -0.2) is 4.39 Å². The minimum Gasteiger partial charge on any atom is -0.294 e. The molecule has 1 aromatic carbocycles. The molecule has 1 aromatic rings. The van der Waals surface area contributed by atoms with Gasteiger partial charge in [-0.1, -0.05) is 6.07 Å². The molecule has 0 bridgehead atoms. The molecule has 0 aliphatic heterocycles. The van der Waals surface area contributed by atoms with Gasteiger partial charge in [0, 0.05) is 10.8 Å². The normalized spacial score (nSPS) is 15.6. The van der Waals surface area contributed by atoms with E-state index in [2.05, 4.69) is 0 Å². The van der Waals surface area contributed by atoms with Crippen molar-refractivity contribution in [3.8, 4) is 0 Å². The fourth-order valence-electron chi connectivity index (χ4n) is 1.42. The van der Waals surface area contributed by atoms with E-state index in [9.17, 15) is 9.18 Å². The van der Waals surface area contributed by atoms with Crippen LogP contribution in [0.2, 0.25) is 0 Å². The van der Waals surface area contributed by atoms with Crippen molar-refractivity contribution in [1.29, 1.82) is 0 Å². The van der Waals surface area contributed by atoms with Crippen molar-refractivity contribution in [3.05, 3.63) is 29.6 Å². The van der Waals surface area contributed by atoms with Crippen molar-refractivity contribution in [2.75, 3.05) is 6.26 Å². The van der Waals surface area contributed by atoms with Crippen LogP contribution < -0.4 is 0 Å². The number of benzene rings is 1. The monoisotopic (exact) mass is 210 g/mol. The van der Waals surface area contributed by atoms with Crippen LogP contribution in [0.3, 0.4) is 0 Å². The molecule has 0 unspecified atom stereocenters. The number of hydrogen-bond acceptors (Lipinski definition) is 2. The summed E-state index contributed by atoms with van der Waals surface area (Å²) >= 11 is 1.33. The molecule has 0 spiro atoms. The third kappa shape index (κ3) is 1.69. The topological polar surface area (TPSA) is 17.1 Å². The van der Waals surface area contributed by atoms with Gasteiger partial charge in [0.05, 0.1) is 5.56 Å². The first-order valence-electron chi connectivity index (χ1n) is 4.60. The maximum atomic E-state index is 13.7. The summed E-state index contributed by atoms with van der Waals surface area (Å²) < 4.78 is 13.7. The molecule has 74 valence electrons. The minimum absolute atomic E-state index is 0.0293. The predicted octanol–water partition coefficient (Wildman–Crippen LogP) is 3.14. The standard InChI is InChI=1S/C11H11FOS/c1-14-9-4-2-3-8(10(9)12)11(13)7-5-6-7/h2-4,7H,5-6H2,1H3. The third-order valence-corrected chi connectivity index (χ3v) is 3.15. The lowest BCUT2D eigenvalue weighted by atomic mass is 10.1. The average Bonchev–Trinajstić information content (AvgIpc) is 3.00. The van der Waals surface area contributed by atoms with Crippen LogP contribution in [0.25, 0.3) is 0 Å². The largest absolute Gasteiger partial charge is 0.294 e. The van der Waals surface area contributed by atoms with Crippen molar-refractivity contribution < 1.29 is 9.18 Å². The van der Waals surface area contributed by atoms with Crippen LogP contribution in [0.1, 0.15) is 23.2 Å². The van der Waals surface area contributed by atoms with E-state index in [4.69, 9.17) is 0 Å². The van der Waals surface area contributed by atoms with Crippen LogP contribution in [0.4, 0.5) is 4.39 Å². The maximum absolute atomic E-state index is 13.7. The highest BCUT2D eigenvalue weighted by atomic mass is 32.2. The summed E-state index contributed by atoms with van der Waals surface area (Å²) in [5.74, 6) is -0.295. The molecular formula is C11H11FOS. The number of thioether (sulfide) groups is 1. The van der Waals surface area contributed by atoms with Crippen LogP contribution >= 0.6 is 11.8 Å². The van der Waals surface area contributed by atoms with Gasteiger partial charge in [0.2, 0.25) is 0 Å². The number of rotatable bonds is 3. The number of carbonyl (C=O) groups excluding carboxylic acids is 1. The Morgan fingerprint density at radius 1 is 1.50 bits per heavy atom. The fraction of sp³-hybridized carbons (Fsp3) is 0.364. The Hall–Kier alpha value is -0.830. The summed E-state index contributed by atoms with van der Waals surface area (Å²) in [5.41, 5.74) is 0.263. The number of halogens is 1. The molecule has 1 nitrogen and oxygen atoms in total. The van der Waals surface area contributed by atoms with Crippen molar-refractivity contribution >= 4 is 17.5 Å². The number of ketones is 1. The van der Waals surface area contributed by atoms with Crippen molar-refractivity contribution in [1.82, 2.24) is 0 Å². The molecule has 0 saturated heterocycles. The molecule has 0 heterocycles. The van der Waals surface area contributed by atoms with E-state index >= 15 is 0 Å². The molecule has 1 saturated carbocycles. The smallest absolute Gasteiger partial charge is 0.168 e. The van der Waals surface area contributed by atoms with E-state index in [1.54, 1.807) is 18.2 Å². The Balaban J connectivity index is 2.36. The maximum Gasteiger partial charge on any atom is 0.168 e. The highest BCUT2D eigenvalue weighted by Gasteiger charge is 2.32. The zero-order chi connectivity index (χ0) is 10.1. The van der Waals surface area contributed by atoms with E-state index in [-0.39, 0.29) is 23.1 Å². The number of hydrogen-bond donors (Lipinski definition) is 0. The highest BCUT2D eigenvalue weighted by molar-refractivity contribution is 7.98. The Morgan fingerprint density at radius 3 is 2.79 bits per heavy atom. The molecule has 1 fully saturated rings. The lowest BCUT2D eigenvalue weighted by Crippen LogP contribution is -2.04. The second-order valence-electron chi connectivity index (χ2n) is 3.46. The van der Waals surface area contributed by atoms with E-state index in [0.717, 1.165) is 12.8 Å². The second-order valence-corrected chi connectivity index (χ2v) is 4.31. The first-order chi connectivity index (χ1) is 6.74. The minimum atomic E-state index is -0.350. The van der Waals surface area contributed by atoms with Crippen LogP contribution in [0.15, 0.2) is 23.1 Å². The third-order valence-electron chi connectivity index (χ3n) is 2.40. The summed E-state index contributed by atoms with van der Waals surface area (Å²) in [7, 11) is 0. The van der Waals surface area contributed by atoms with Gasteiger partial charge in [0.15, 0.2) is 5.78 Å². The van der Waals surface area contributed by atoms with Gasteiger partial charge < -0.3 is 0 Å². The number of carbonyl (C=O) groups is 1. The van der Waals surface area contributed by atoms with Crippen LogP contribution in [-0.2, 0) is 0 Å². The SMILES string of the molecule is CSc1cccc(C(=O)C2CC2)c1F. The predicted molar refractivity (Wildman–Crippen MR) is 55.2 cm³/mol. The molecule has 0 radical (unpaired) electrons. The van der Waals surface area contributed by atoms with Gasteiger partial charge in [-0.2, -0.15) is 0 Å². The molecule has 0 aromatic heterocycles. The summed E-state index contributed by atoms with van der Waals surface area (Å²) in [6.45, 7) is 0. The van der Waals surface area contributed by atoms with Crippen LogP contribution in [0, 0.1) is 11.7 Å². The molecule has 0 amide bonds. The summed E-state index contributed by atoms with van der Waals surface area (Å²) in [5, 5.41) is 0. The van der Waals surface area contributed by atoms with Gasteiger partial charge in [-0.3, -0.25) is 4.79 Å². The van der Waals surface area contributed by atoms with Gasteiger partial charge in [0.1, 0.15) is 5.82 Å². The number of Topliss-reactive ketones (excluding diaryl/α,β-unsaturated/α-hetero) is 1. The molecular weight excluding hydrogens is 199 g/mol. The molecule has 0 N–H and O–H groups in total. The van der Waals surface area contributed by atoms with Crippen LogP contribution in [0.5, 0.6) is 0 Å². The Morgan fingerprint density at radius 2 is 2.21 bits per heavy atom. The zero-order valence-corrected chi connectivity index (χ0v) is 8.73. The van der Waals surface area contributed by atoms with Crippen LogP contribution in [-0.4, -0.2) is 12.0 Å². The van der Waals surface area contributed by atoms with E-state index < -0.39 is 0 Å². The van der Waals surface area contributed by atoms with E-state index in [0.29, 0.717) is 4.90 Å². The van der Waals surface area contributed by atoms with Gasteiger partial charge >= 0.3 is 0 Å². The van der Waals surface area contributed by atoms with Gasteiger partial charge in [0.25, 0.3) is 0 Å². The molecule has 2 rings (SSSR count). The van der Waals surface area contributed by atoms with E-state index in [1.807, 2.05) is 6.26 Å². The van der Waals surface area contributed by atoms with Crippen molar-refractivity contribution in [3.63, 3.8) is 0 Å². The van der Waals surface area contributed by atoms with Gasteiger partial charge in [-0.15, -0.1) is 11.8 Å². The second kappa shape index (κ2) is 3.73. The lowest BCUT2D eigenvalue weighted by molar-refractivity contribution is 0.0963.